The van der Waals surface area contributed by atoms with Crippen molar-refractivity contribution in [1.82, 2.24) is 4.90 Å². The van der Waals surface area contributed by atoms with E-state index in [9.17, 15) is 13.2 Å². The van der Waals surface area contributed by atoms with E-state index in [2.05, 4.69) is 0 Å². The first kappa shape index (κ1) is 17.1. The Morgan fingerprint density at radius 2 is 2.15 bits per heavy atom. The fourth-order valence-corrected chi connectivity index (χ4v) is 4.08. The van der Waals surface area contributed by atoms with E-state index in [0.717, 1.165) is 11.3 Å². The van der Waals surface area contributed by atoms with Crippen molar-refractivity contribution in [2.24, 2.45) is 5.14 Å². The zero-order chi connectivity index (χ0) is 15.5. The molecule has 1 aromatic heterocycles. The number of methoxy groups -OCH3 is 1. The van der Waals surface area contributed by atoms with Crippen LogP contribution in [0.25, 0.3) is 0 Å². The number of aryl methyl sites for hydroxylation is 1. The van der Waals surface area contributed by atoms with Gasteiger partial charge in [-0.05, 0) is 26.8 Å². The molecular formula is C12H20N2O4S2. The number of thiophene rings is 1. The van der Waals surface area contributed by atoms with Gasteiger partial charge >= 0.3 is 0 Å². The van der Waals surface area contributed by atoms with Gasteiger partial charge in [0, 0.05) is 18.5 Å². The van der Waals surface area contributed by atoms with Gasteiger partial charge in [0.1, 0.15) is 0 Å². The average Bonchev–Trinajstić information content (AvgIpc) is 2.72. The van der Waals surface area contributed by atoms with Gasteiger partial charge in [-0.2, -0.15) is 0 Å². The van der Waals surface area contributed by atoms with Crippen LogP contribution in [-0.2, 0) is 14.8 Å². The molecule has 0 spiro atoms. The summed E-state index contributed by atoms with van der Waals surface area (Å²) in [4.78, 5) is 15.0. The van der Waals surface area contributed by atoms with Crippen molar-refractivity contribution in [3.05, 3.63) is 15.8 Å². The van der Waals surface area contributed by atoms with Crippen LogP contribution in [0, 0.1) is 6.92 Å². The molecule has 0 aliphatic heterocycles. The zero-order valence-corrected chi connectivity index (χ0v) is 13.7. The first-order valence-corrected chi connectivity index (χ1v) is 8.51. The van der Waals surface area contributed by atoms with Crippen LogP contribution >= 0.6 is 11.3 Å². The number of carbonyl (C=O) groups excluding carboxylic acids is 1. The van der Waals surface area contributed by atoms with E-state index in [4.69, 9.17) is 9.88 Å². The SMILES string of the molecule is CCN(C(=O)c1cc(S(N)(=O)=O)c(C)s1)C(C)COC. The van der Waals surface area contributed by atoms with Crippen LogP contribution in [0.15, 0.2) is 11.0 Å². The molecule has 1 amide bonds. The van der Waals surface area contributed by atoms with Gasteiger partial charge in [0.05, 0.1) is 22.4 Å². The highest BCUT2D eigenvalue weighted by Crippen LogP contribution is 2.26. The molecule has 0 saturated heterocycles. The second-order valence-corrected chi connectivity index (χ2v) is 7.26. The summed E-state index contributed by atoms with van der Waals surface area (Å²) in [6.07, 6.45) is 0. The molecule has 20 heavy (non-hydrogen) atoms. The van der Waals surface area contributed by atoms with Crippen LogP contribution in [0.1, 0.15) is 28.4 Å². The standard InChI is InChI=1S/C12H20N2O4S2/c1-5-14(8(2)7-18-4)12(15)10-6-11(9(3)19-10)20(13,16)17/h6,8H,5,7H2,1-4H3,(H2,13,16,17). The summed E-state index contributed by atoms with van der Waals surface area (Å²) in [5, 5.41) is 5.12. The molecule has 114 valence electrons. The van der Waals surface area contributed by atoms with E-state index in [1.807, 2.05) is 13.8 Å². The van der Waals surface area contributed by atoms with Crippen LogP contribution in [0.5, 0.6) is 0 Å². The molecule has 0 bridgehead atoms. The highest BCUT2D eigenvalue weighted by molar-refractivity contribution is 7.89. The molecule has 0 aromatic carbocycles. The first-order valence-electron chi connectivity index (χ1n) is 6.15. The van der Waals surface area contributed by atoms with Crippen molar-refractivity contribution in [2.75, 3.05) is 20.3 Å². The van der Waals surface area contributed by atoms with Gasteiger partial charge in [-0.25, -0.2) is 13.6 Å². The number of nitrogens with two attached hydrogens (primary N) is 1. The summed E-state index contributed by atoms with van der Waals surface area (Å²) < 4.78 is 27.9. The zero-order valence-electron chi connectivity index (χ0n) is 12.0. The van der Waals surface area contributed by atoms with Crippen molar-refractivity contribution in [3.63, 3.8) is 0 Å². The van der Waals surface area contributed by atoms with Crippen molar-refractivity contribution >= 4 is 27.3 Å². The minimum absolute atomic E-state index is 0.0151. The predicted molar refractivity (Wildman–Crippen MR) is 78.5 cm³/mol. The van der Waals surface area contributed by atoms with Gasteiger partial charge in [-0.1, -0.05) is 0 Å². The van der Waals surface area contributed by atoms with Crippen LogP contribution in [0.2, 0.25) is 0 Å². The minimum Gasteiger partial charge on any atom is -0.383 e. The average molecular weight is 320 g/mol. The van der Waals surface area contributed by atoms with E-state index in [1.54, 1.807) is 18.9 Å². The predicted octanol–water partition coefficient (Wildman–Crippen LogP) is 1.20. The van der Waals surface area contributed by atoms with Crippen LogP contribution < -0.4 is 5.14 Å². The molecule has 0 aliphatic carbocycles. The number of hydrogen-bond donors (Lipinski definition) is 1. The third kappa shape index (κ3) is 3.78. The molecule has 0 aliphatic rings. The monoisotopic (exact) mass is 320 g/mol. The van der Waals surface area contributed by atoms with Gasteiger partial charge in [-0.15, -0.1) is 11.3 Å². The van der Waals surface area contributed by atoms with Crippen LogP contribution in [0.3, 0.4) is 0 Å². The lowest BCUT2D eigenvalue weighted by Gasteiger charge is -2.27. The van der Waals surface area contributed by atoms with Gasteiger partial charge in [0.25, 0.3) is 5.91 Å². The van der Waals surface area contributed by atoms with E-state index in [-0.39, 0.29) is 16.8 Å². The molecular weight excluding hydrogens is 300 g/mol. The van der Waals surface area contributed by atoms with Crippen molar-refractivity contribution in [1.29, 1.82) is 0 Å². The fourth-order valence-electron chi connectivity index (χ4n) is 1.98. The van der Waals surface area contributed by atoms with Gasteiger partial charge in [0.15, 0.2) is 0 Å². The highest BCUT2D eigenvalue weighted by atomic mass is 32.2. The van der Waals surface area contributed by atoms with Gasteiger partial charge < -0.3 is 9.64 Å². The number of ether oxygens (including phenoxy) is 1. The molecule has 0 saturated carbocycles. The number of amides is 1. The summed E-state index contributed by atoms with van der Waals surface area (Å²) in [6, 6.07) is 1.26. The third-order valence-electron chi connectivity index (χ3n) is 2.93. The number of rotatable bonds is 6. The number of likely N-dealkylation sites (N-methyl/N-ethyl adjacent to an activating group) is 1. The maximum atomic E-state index is 12.4. The lowest BCUT2D eigenvalue weighted by atomic mass is 10.2. The number of sulfonamides is 1. The quantitative estimate of drug-likeness (QED) is 0.853. The topological polar surface area (TPSA) is 89.7 Å². The van der Waals surface area contributed by atoms with Crippen LogP contribution in [-0.4, -0.2) is 45.5 Å². The number of primary sulfonamides is 1. The number of hydrogen-bond acceptors (Lipinski definition) is 5. The molecule has 8 heteroatoms. The Morgan fingerprint density at radius 3 is 2.55 bits per heavy atom. The second kappa shape index (κ2) is 6.66. The lowest BCUT2D eigenvalue weighted by molar-refractivity contribution is 0.0583. The summed E-state index contributed by atoms with van der Waals surface area (Å²) in [5.74, 6) is -0.208. The summed E-state index contributed by atoms with van der Waals surface area (Å²) in [6.45, 7) is 6.32. The molecule has 0 radical (unpaired) electrons. The molecule has 6 nitrogen and oxygen atoms in total. The Balaban J connectivity index is 3.08. The Bertz CT molecular complexity index is 580. The highest BCUT2D eigenvalue weighted by Gasteiger charge is 2.24. The Kier molecular flexibility index (Phi) is 5.69. The molecule has 0 fully saturated rings. The lowest BCUT2D eigenvalue weighted by Crippen LogP contribution is -2.40. The smallest absolute Gasteiger partial charge is 0.264 e. The molecule has 2 N–H and O–H groups in total. The third-order valence-corrected chi connectivity index (χ3v) is 5.14. The molecule has 1 heterocycles. The molecule has 1 aromatic rings. The molecule has 1 rings (SSSR count). The summed E-state index contributed by atoms with van der Waals surface area (Å²) in [5.41, 5.74) is 0. The fraction of sp³-hybridized carbons (Fsp3) is 0.583. The van der Waals surface area contributed by atoms with Crippen molar-refractivity contribution in [3.8, 4) is 0 Å². The maximum absolute atomic E-state index is 12.4. The normalized spacial score (nSPS) is 13.2. The van der Waals surface area contributed by atoms with E-state index >= 15 is 0 Å². The minimum atomic E-state index is -3.79. The summed E-state index contributed by atoms with van der Waals surface area (Å²) >= 11 is 1.14. The second-order valence-electron chi connectivity index (χ2n) is 4.47. The largest absolute Gasteiger partial charge is 0.383 e. The van der Waals surface area contributed by atoms with Crippen molar-refractivity contribution in [2.45, 2.75) is 31.7 Å². The van der Waals surface area contributed by atoms with E-state index < -0.39 is 10.0 Å². The Hall–Kier alpha value is -0.960. The first-order chi connectivity index (χ1) is 9.22. The Labute approximate surface area is 123 Å². The maximum Gasteiger partial charge on any atom is 0.264 e. The van der Waals surface area contributed by atoms with Gasteiger partial charge in [0.2, 0.25) is 10.0 Å². The Morgan fingerprint density at radius 1 is 1.55 bits per heavy atom. The number of nitrogens with zero attached hydrogens (tertiary/aromatic N) is 1. The van der Waals surface area contributed by atoms with Crippen LogP contribution in [0.4, 0.5) is 0 Å². The molecule has 1 unspecified atom stereocenters. The van der Waals surface area contributed by atoms with E-state index in [1.165, 1.54) is 6.07 Å². The van der Waals surface area contributed by atoms with E-state index in [0.29, 0.717) is 22.9 Å². The van der Waals surface area contributed by atoms with Crippen molar-refractivity contribution < 1.29 is 17.9 Å². The van der Waals surface area contributed by atoms with Gasteiger partial charge in [-0.3, -0.25) is 4.79 Å². The number of carbonyl (C=O) groups is 1. The summed E-state index contributed by atoms with van der Waals surface area (Å²) in [7, 11) is -2.22. The molecule has 1 atom stereocenters.